The van der Waals surface area contributed by atoms with E-state index in [4.69, 9.17) is 5.11 Å². The molecule has 0 bridgehead atoms. The molecule has 0 radical (unpaired) electrons. The van der Waals surface area contributed by atoms with Crippen molar-refractivity contribution in [2.75, 3.05) is 0 Å². The third-order valence-electron chi connectivity index (χ3n) is 3.14. The lowest BCUT2D eigenvalue weighted by atomic mass is 10.1. The van der Waals surface area contributed by atoms with Gasteiger partial charge >= 0.3 is 5.97 Å². The Morgan fingerprint density at radius 3 is 2.67 bits per heavy atom. The molecule has 1 aromatic carbocycles. The Morgan fingerprint density at radius 2 is 2.05 bits per heavy atom. The Balaban J connectivity index is 2.47. The molecule has 0 unspecified atom stereocenters. The number of hydrogen-bond acceptors (Lipinski definition) is 4. The Kier molecular flexibility index (Phi) is 3.84. The summed E-state index contributed by atoms with van der Waals surface area (Å²) in [5.74, 6) is -1.07. The number of aromatic carboxylic acids is 1. The second-order valence-corrected chi connectivity index (χ2v) is 4.49. The molecule has 2 aromatic rings. The smallest absolute Gasteiger partial charge is 0.335 e. The van der Waals surface area contributed by atoms with Crippen LogP contribution in [0.3, 0.4) is 0 Å². The third-order valence-corrected chi connectivity index (χ3v) is 3.14. The van der Waals surface area contributed by atoms with E-state index in [9.17, 15) is 19.7 Å². The summed E-state index contributed by atoms with van der Waals surface area (Å²) in [6, 6.07) is 8.41. The van der Waals surface area contributed by atoms with Gasteiger partial charge in [-0.05, 0) is 24.6 Å². The van der Waals surface area contributed by atoms with Crippen LogP contribution in [-0.4, -0.2) is 20.6 Å². The lowest BCUT2D eigenvalue weighted by Crippen LogP contribution is -2.23. The summed E-state index contributed by atoms with van der Waals surface area (Å²) in [6.07, 6.45) is 0. The van der Waals surface area contributed by atoms with Crippen molar-refractivity contribution in [2.24, 2.45) is 0 Å². The molecule has 0 saturated carbocycles. The maximum Gasteiger partial charge on any atom is 0.335 e. The molecule has 0 atom stereocenters. The minimum atomic E-state index is -1.07. The quantitative estimate of drug-likeness (QED) is 0.682. The zero-order chi connectivity index (χ0) is 15.6. The Bertz CT molecular complexity index is 779. The monoisotopic (exact) mass is 288 g/mol. The van der Waals surface area contributed by atoms with E-state index >= 15 is 0 Å². The molecule has 7 heteroatoms. The van der Waals surface area contributed by atoms with Crippen molar-refractivity contribution in [3.63, 3.8) is 0 Å². The largest absolute Gasteiger partial charge is 0.478 e. The van der Waals surface area contributed by atoms with E-state index in [1.54, 1.807) is 12.1 Å². The van der Waals surface area contributed by atoms with E-state index in [1.807, 2.05) is 0 Å². The van der Waals surface area contributed by atoms with E-state index < -0.39 is 10.9 Å². The molecular weight excluding hydrogens is 276 g/mol. The molecule has 108 valence electrons. The van der Waals surface area contributed by atoms with E-state index in [-0.39, 0.29) is 29.0 Å². The molecule has 1 aromatic heterocycles. The van der Waals surface area contributed by atoms with Crippen LogP contribution in [0.25, 0.3) is 0 Å². The third kappa shape index (κ3) is 2.97. The van der Waals surface area contributed by atoms with Crippen LogP contribution in [0, 0.1) is 17.0 Å². The summed E-state index contributed by atoms with van der Waals surface area (Å²) >= 11 is 0. The van der Waals surface area contributed by atoms with E-state index in [1.165, 1.54) is 29.7 Å². The number of hydrogen-bond donors (Lipinski definition) is 1. The van der Waals surface area contributed by atoms with Crippen LogP contribution in [0.15, 0.2) is 41.2 Å². The van der Waals surface area contributed by atoms with Gasteiger partial charge in [0.1, 0.15) is 0 Å². The van der Waals surface area contributed by atoms with Crippen molar-refractivity contribution >= 4 is 11.7 Å². The number of aromatic nitrogens is 1. The van der Waals surface area contributed by atoms with Crippen LogP contribution in [0.1, 0.15) is 21.6 Å². The van der Waals surface area contributed by atoms with Crippen molar-refractivity contribution in [1.29, 1.82) is 0 Å². The molecule has 21 heavy (non-hydrogen) atoms. The van der Waals surface area contributed by atoms with Gasteiger partial charge in [0.15, 0.2) is 0 Å². The number of pyridine rings is 1. The predicted molar refractivity (Wildman–Crippen MR) is 74.6 cm³/mol. The van der Waals surface area contributed by atoms with Gasteiger partial charge in [-0.3, -0.25) is 14.9 Å². The molecular formula is C14H12N2O5. The van der Waals surface area contributed by atoms with Crippen molar-refractivity contribution in [3.8, 4) is 0 Å². The van der Waals surface area contributed by atoms with Gasteiger partial charge in [0.05, 0.1) is 22.7 Å². The second-order valence-electron chi connectivity index (χ2n) is 4.49. The second kappa shape index (κ2) is 5.58. The van der Waals surface area contributed by atoms with Crippen LogP contribution in [0.2, 0.25) is 0 Å². The fraction of sp³-hybridized carbons (Fsp3) is 0.143. The van der Waals surface area contributed by atoms with Crippen molar-refractivity contribution in [3.05, 3.63) is 73.7 Å². The molecule has 7 nitrogen and oxygen atoms in total. The zero-order valence-electron chi connectivity index (χ0n) is 11.1. The molecule has 0 aliphatic heterocycles. The van der Waals surface area contributed by atoms with Crippen molar-refractivity contribution < 1.29 is 14.8 Å². The summed E-state index contributed by atoms with van der Waals surface area (Å²) < 4.78 is 1.25. The first-order chi connectivity index (χ1) is 9.90. The SMILES string of the molecule is Cc1c([N+](=O)[O-])ccc(=O)n1Cc1cccc(C(=O)O)c1. The van der Waals surface area contributed by atoms with Crippen LogP contribution >= 0.6 is 0 Å². The Labute approximate surface area is 119 Å². The highest BCUT2D eigenvalue weighted by molar-refractivity contribution is 5.87. The number of rotatable bonds is 4. The molecule has 1 N–H and O–H groups in total. The van der Waals surface area contributed by atoms with Crippen LogP contribution in [0.4, 0.5) is 5.69 Å². The number of carboxylic acid groups (broad SMARTS) is 1. The molecule has 0 aliphatic rings. The maximum atomic E-state index is 11.9. The molecule has 1 heterocycles. The normalized spacial score (nSPS) is 10.3. The number of benzene rings is 1. The molecule has 0 amide bonds. The van der Waals surface area contributed by atoms with Gasteiger partial charge in [-0.15, -0.1) is 0 Å². The van der Waals surface area contributed by atoms with Crippen LogP contribution in [-0.2, 0) is 6.54 Å². The van der Waals surface area contributed by atoms with E-state index in [0.29, 0.717) is 5.56 Å². The Hall–Kier alpha value is -2.96. The van der Waals surface area contributed by atoms with Crippen LogP contribution in [0.5, 0.6) is 0 Å². The minimum absolute atomic E-state index is 0.0769. The van der Waals surface area contributed by atoms with Gasteiger partial charge in [-0.25, -0.2) is 4.79 Å². The van der Waals surface area contributed by atoms with Crippen molar-refractivity contribution in [2.45, 2.75) is 13.5 Å². The standard InChI is InChI=1S/C14H12N2O5/c1-9-12(16(20)21)5-6-13(17)15(9)8-10-3-2-4-11(7-10)14(18)19/h2-7H,8H2,1H3,(H,18,19). The minimum Gasteiger partial charge on any atom is -0.478 e. The average molecular weight is 288 g/mol. The predicted octanol–water partition coefficient (Wildman–Crippen LogP) is 1.81. The fourth-order valence-electron chi connectivity index (χ4n) is 2.04. The molecule has 0 aliphatic carbocycles. The molecule has 0 saturated heterocycles. The highest BCUT2D eigenvalue weighted by Crippen LogP contribution is 2.16. The summed E-state index contributed by atoms with van der Waals surface area (Å²) in [7, 11) is 0. The van der Waals surface area contributed by atoms with Gasteiger partial charge in [0.2, 0.25) is 0 Å². The molecule has 2 rings (SSSR count). The first kappa shape index (κ1) is 14.4. The van der Waals surface area contributed by atoms with E-state index in [0.717, 1.165) is 6.07 Å². The van der Waals surface area contributed by atoms with Crippen molar-refractivity contribution in [1.82, 2.24) is 4.57 Å². The summed E-state index contributed by atoms with van der Waals surface area (Å²) in [4.78, 5) is 33.1. The fourth-order valence-corrected chi connectivity index (χ4v) is 2.04. The summed E-state index contributed by atoms with van der Waals surface area (Å²) in [5.41, 5.74) is 0.389. The van der Waals surface area contributed by atoms with Gasteiger partial charge in [-0.1, -0.05) is 12.1 Å². The lowest BCUT2D eigenvalue weighted by Gasteiger charge is -2.10. The summed E-state index contributed by atoms with van der Waals surface area (Å²) in [5, 5.41) is 19.8. The number of carbonyl (C=O) groups is 1. The average Bonchev–Trinajstić information content (AvgIpc) is 2.43. The number of nitrogens with zero attached hydrogens (tertiary/aromatic N) is 2. The molecule has 0 fully saturated rings. The number of nitro groups is 1. The van der Waals surface area contributed by atoms with E-state index in [2.05, 4.69) is 0 Å². The maximum absolute atomic E-state index is 11.9. The van der Waals surface area contributed by atoms with Gasteiger partial charge in [-0.2, -0.15) is 0 Å². The van der Waals surface area contributed by atoms with Gasteiger partial charge in [0, 0.05) is 12.1 Å². The first-order valence-corrected chi connectivity index (χ1v) is 6.07. The van der Waals surface area contributed by atoms with Crippen LogP contribution < -0.4 is 5.56 Å². The summed E-state index contributed by atoms with van der Waals surface area (Å²) in [6.45, 7) is 1.56. The highest BCUT2D eigenvalue weighted by Gasteiger charge is 2.15. The topological polar surface area (TPSA) is 102 Å². The lowest BCUT2D eigenvalue weighted by molar-refractivity contribution is -0.386. The highest BCUT2D eigenvalue weighted by atomic mass is 16.6. The zero-order valence-corrected chi connectivity index (χ0v) is 11.1. The first-order valence-electron chi connectivity index (χ1n) is 6.07. The molecule has 0 spiro atoms. The van der Waals surface area contributed by atoms with Gasteiger partial charge < -0.3 is 9.67 Å². The Morgan fingerprint density at radius 1 is 1.33 bits per heavy atom. The van der Waals surface area contributed by atoms with Gasteiger partial charge in [0.25, 0.3) is 11.2 Å². The number of carboxylic acids is 1.